The number of nitrogens with zero attached hydrogens (tertiary/aromatic N) is 2. The minimum atomic E-state index is -4.52. The molecule has 0 unspecified atom stereocenters. The van der Waals surface area contributed by atoms with Crippen molar-refractivity contribution in [2.24, 2.45) is 5.73 Å². The van der Waals surface area contributed by atoms with Crippen molar-refractivity contribution in [3.8, 4) is 0 Å². The first-order valence-electron chi connectivity index (χ1n) is 7.49. The Morgan fingerprint density at radius 1 is 1.12 bits per heavy atom. The lowest BCUT2D eigenvalue weighted by Gasteiger charge is -2.16. The number of hydrogen-bond acceptors (Lipinski definition) is 3. The summed E-state index contributed by atoms with van der Waals surface area (Å²) in [7, 11) is 0. The van der Waals surface area contributed by atoms with Gasteiger partial charge in [0, 0.05) is 31.2 Å². The number of amides is 1. The van der Waals surface area contributed by atoms with Crippen LogP contribution < -0.4 is 5.73 Å². The largest absolute Gasteiger partial charge is 0.433 e. The Morgan fingerprint density at radius 2 is 1.83 bits per heavy atom. The van der Waals surface area contributed by atoms with Crippen LogP contribution in [0.5, 0.6) is 0 Å². The van der Waals surface area contributed by atoms with Crippen LogP contribution in [0.1, 0.15) is 27.5 Å². The van der Waals surface area contributed by atoms with Crippen molar-refractivity contribution < 1.29 is 18.0 Å². The molecule has 2 heterocycles. The zero-order chi connectivity index (χ0) is 17.3. The number of rotatable bonds is 2. The number of benzene rings is 1. The molecule has 0 radical (unpaired) electrons. The van der Waals surface area contributed by atoms with Crippen molar-refractivity contribution in [1.29, 1.82) is 0 Å². The Balaban J connectivity index is 1.74. The number of hydrogen-bond donors (Lipinski definition) is 1. The molecule has 0 bridgehead atoms. The fraction of sp³-hybridized carbons (Fsp3) is 0.294. The van der Waals surface area contributed by atoms with Crippen LogP contribution >= 0.6 is 0 Å². The number of nitrogens with two attached hydrogens (primary N) is 1. The SMILES string of the molecule is N[C@@H]1CN(C(=O)c2ccc(C(F)(F)F)nc2)C[C@H]1c1ccccc1. The highest BCUT2D eigenvalue weighted by Gasteiger charge is 2.35. The highest BCUT2D eigenvalue weighted by Crippen LogP contribution is 2.29. The third-order valence-electron chi connectivity index (χ3n) is 4.18. The minimum Gasteiger partial charge on any atom is -0.336 e. The van der Waals surface area contributed by atoms with E-state index in [9.17, 15) is 18.0 Å². The monoisotopic (exact) mass is 335 g/mol. The Kier molecular flexibility index (Phi) is 4.28. The second-order valence-electron chi connectivity index (χ2n) is 5.82. The van der Waals surface area contributed by atoms with Gasteiger partial charge in [-0.15, -0.1) is 0 Å². The van der Waals surface area contributed by atoms with Gasteiger partial charge in [-0.3, -0.25) is 9.78 Å². The van der Waals surface area contributed by atoms with Gasteiger partial charge in [0.2, 0.25) is 0 Å². The average molecular weight is 335 g/mol. The highest BCUT2D eigenvalue weighted by atomic mass is 19.4. The Bertz CT molecular complexity index is 716. The molecule has 1 fully saturated rings. The van der Waals surface area contributed by atoms with E-state index in [-0.39, 0.29) is 23.4 Å². The molecule has 0 aliphatic carbocycles. The van der Waals surface area contributed by atoms with Crippen molar-refractivity contribution >= 4 is 5.91 Å². The van der Waals surface area contributed by atoms with E-state index in [1.807, 2.05) is 30.3 Å². The molecule has 0 saturated carbocycles. The predicted molar refractivity (Wildman–Crippen MR) is 82.3 cm³/mol. The maximum Gasteiger partial charge on any atom is 0.433 e. The minimum absolute atomic E-state index is 0.0116. The van der Waals surface area contributed by atoms with E-state index in [1.165, 1.54) is 0 Å². The second-order valence-corrected chi connectivity index (χ2v) is 5.82. The van der Waals surface area contributed by atoms with E-state index < -0.39 is 11.9 Å². The van der Waals surface area contributed by atoms with Gasteiger partial charge >= 0.3 is 6.18 Å². The number of likely N-dealkylation sites (tertiary alicyclic amines) is 1. The van der Waals surface area contributed by atoms with Crippen LogP contribution in [-0.2, 0) is 6.18 Å². The number of alkyl halides is 3. The molecule has 3 rings (SSSR count). The number of aromatic nitrogens is 1. The van der Waals surface area contributed by atoms with Crippen molar-refractivity contribution in [1.82, 2.24) is 9.88 Å². The van der Waals surface area contributed by atoms with Gasteiger partial charge < -0.3 is 10.6 Å². The van der Waals surface area contributed by atoms with E-state index in [0.29, 0.717) is 13.1 Å². The lowest BCUT2D eigenvalue weighted by Crippen LogP contribution is -2.32. The zero-order valence-electron chi connectivity index (χ0n) is 12.7. The molecule has 1 saturated heterocycles. The highest BCUT2D eigenvalue weighted by molar-refractivity contribution is 5.94. The van der Waals surface area contributed by atoms with Crippen molar-refractivity contribution in [2.45, 2.75) is 18.1 Å². The summed E-state index contributed by atoms with van der Waals surface area (Å²) < 4.78 is 37.6. The summed E-state index contributed by atoms with van der Waals surface area (Å²) in [4.78, 5) is 17.4. The summed E-state index contributed by atoms with van der Waals surface area (Å²) in [6, 6.07) is 11.4. The summed E-state index contributed by atoms with van der Waals surface area (Å²) in [6.45, 7) is 0.796. The molecule has 1 amide bonds. The maximum absolute atomic E-state index is 12.5. The molecule has 1 aliphatic rings. The Morgan fingerprint density at radius 3 is 2.42 bits per heavy atom. The molecule has 7 heteroatoms. The van der Waals surface area contributed by atoms with Crippen molar-refractivity contribution in [2.75, 3.05) is 13.1 Å². The number of pyridine rings is 1. The summed E-state index contributed by atoms with van der Waals surface area (Å²) in [5, 5.41) is 0. The Labute approximate surface area is 137 Å². The summed E-state index contributed by atoms with van der Waals surface area (Å²) in [6.07, 6.45) is -3.55. The van der Waals surface area contributed by atoms with Gasteiger partial charge in [-0.1, -0.05) is 30.3 Å². The third-order valence-corrected chi connectivity index (χ3v) is 4.18. The molecule has 2 atom stereocenters. The van der Waals surface area contributed by atoms with Crippen LogP contribution in [0.15, 0.2) is 48.7 Å². The lowest BCUT2D eigenvalue weighted by molar-refractivity contribution is -0.141. The van der Waals surface area contributed by atoms with Gasteiger partial charge in [0.05, 0.1) is 5.56 Å². The molecular formula is C17H16F3N3O. The quantitative estimate of drug-likeness (QED) is 0.918. The first-order chi connectivity index (χ1) is 11.4. The normalized spacial score (nSPS) is 21.1. The summed E-state index contributed by atoms with van der Waals surface area (Å²) >= 11 is 0. The van der Waals surface area contributed by atoms with Gasteiger partial charge in [-0.05, 0) is 17.7 Å². The van der Waals surface area contributed by atoms with E-state index >= 15 is 0 Å². The predicted octanol–water partition coefficient (Wildman–Crippen LogP) is 2.67. The fourth-order valence-electron chi connectivity index (χ4n) is 2.92. The molecule has 126 valence electrons. The molecule has 1 aromatic heterocycles. The molecule has 1 aromatic carbocycles. The first-order valence-corrected chi connectivity index (χ1v) is 7.49. The van der Waals surface area contributed by atoms with Gasteiger partial charge in [0.1, 0.15) is 5.69 Å². The fourth-order valence-corrected chi connectivity index (χ4v) is 2.92. The molecule has 0 spiro atoms. The third kappa shape index (κ3) is 3.26. The Hall–Kier alpha value is -2.41. The zero-order valence-corrected chi connectivity index (χ0v) is 12.7. The van der Waals surface area contributed by atoms with Gasteiger partial charge in [-0.2, -0.15) is 13.2 Å². The van der Waals surface area contributed by atoms with E-state index in [1.54, 1.807) is 4.90 Å². The second kappa shape index (κ2) is 6.24. The molecule has 2 N–H and O–H groups in total. The van der Waals surface area contributed by atoms with E-state index in [4.69, 9.17) is 5.73 Å². The van der Waals surface area contributed by atoms with E-state index in [2.05, 4.69) is 4.98 Å². The molecule has 2 aromatic rings. The topological polar surface area (TPSA) is 59.2 Å². The number of halogens is 3. The molecule has 1 aliphatic heterocycles. The van der Waals surface area contributed by atoms with Crippen LogP contribution in [0.2, 0.25) is 0 Å². The van der Waals surface area contributed by atoms with Crippen LogP contribution in [0.25, 0.3) is 0 Å². The van der Waals surface area contributed by atoms with Gasteiger partial charge in [0.15, 0.2) is 0 Å². The van der Waals surface area contributed by atoms with Crippen LogP contribution in [-0.4, -0.2) is 34.9 Å². The standard InChI is InChI=1S/C17H16F3N3O/c18-17(19,20)15-7-6-12(8-22-15)16(24)23-9-13(14(21)10-23)11-4-2-1-3-5-11/h1-8,13-14H,9-10,21H2/t13-,14+/m0/s1. The first kappa shape index (κ1) is 16.4. The summed E-state index contributed by atoms with van der Waals surface area (Å²) in [5.41, 5.74) is 6.30. The molecule has 4 nitrogen and oxygen atoms in total. The van der Waals surface area contributed by atoms with E-state index in [0.717, 1.165) is 23.9 Å². The lowest BCUT2D eigenvalue weighted by atomic mass is 9.95. The number of carbonyl (C=O) groups excluding carboxylic acids is 1. The van der Waals surface area contributed by atoms with Crippen LogP contribution in [0, 0.1) is 0 Å². The summed E-state index contributed by atoms with van der Waals surface area (Å²) in [5.74, 6) is -0.345. The van der Waals surface area contributed by atoms with Crippen molar-refractivity contribution in [3.05, 3.63) is 65.5 Å². The molecular weight excluding hydrogens is 319 g/mol. The smallest absolute Gasteiger partial charge is 0.336 e. The average Bonchev–Trinajstić information content (AvgIpc) is 2.96. The maximum atomic E-state index is 12.5. The van der Waals surface area contributed by atoms with Gasteiger partial charge in [-0.25, -0.2) is 0 Å². The van der Waals surface area contributed by atoms with Crippen LogP contribution in [0.4, 0.5) is 13.2 Å². The molecule has 24 heavy (non-hydrogen) atoms. The van der Waals surface area contributed by atoms with Crippen molar-refractivity contribution in [3.63, 3.8) is 0 Å². The van der Waals surface area contributed by atoms with Crippen LogP contribution in [0.3, 0.4) is 0 Å². The number of carbonyl (C=O) groups is 1. The van der Waals surface area contributed by atoms with Gasteiger partial charge in [0.25, 0.3) is 5.91 Å².